The number of ether oxygens (including phenoxy) is 3. The summed E-state index contributed by atoms with van der Waals surface area (Å²) in [5, 5.41) is 3.47. The van der Waals surface area contributed by atoms with Gasteiger partial charge in [-0.3, -0.25) is 4.79 Å². The highest BCUT2D eigenvalue weighted by atomic mass is 32.1. The van der Waals surface area contributed by atoms with E-state index in [-0.39, 0.29) is 5.91 Å². The Morgan fingerprint density at radius 1 is 1.11 bits per heavy atom. The highest BCUT2D eigenvalue weighted by Gasteiger charge is 2.10. The lowest BCUT2D eigenvalue weighted by Crippen LogP contribution is -2.12. The van der Waals surface area contributed by atoms with Crippen molar-refractivity contribution in [3.05, 3.63) is 42.0 Å². The summed E-state index contributed by atoms with van der Waals surface area (Å²) in [6, 6.07) is 11.4. The maximum atomic E-state index is 12.3. The molecule has 0 unspecified atom stereocenters. The Balaban J connectivity index is 1.61. The summed E-state index contributed by atoms with van der Waals surface area (Å²) in [5.74, 6) is 2.06. The molecule has 0 aliphatic rings. The van der Waals surface area contributed by atoms with Gasteiger partial charge in [0.25, 0.3) is 0 Å². The van der Waals surface area contributed by atoms with Crippen LogP contribution in [0.25, 0.3) is 10.2 Å². The molecule has 0 fully saturated rings. The number of aryl methyl sites for hydroxylation is 1. The molecular weight excluding hydrogens is 364 g/mol. The van der Waals surface area contributed by atoms with Crippen molar-refractivity contribution >= 4 is 32.6 Å². The zero-order valence-corrected chi connectivity index (χ0v) is 16.4. The molecule has 0 radical (unpaired) electrons. The van der Waals surface area contributed by atoms with Crippen LogP contribution in [0, 0.1) is 0 Å². The number of rotatable bonds is 8. The molecule has 0 bridgehead atoms. The number of carbonyl (C=O) groups is 1. The van der Waals surface area contributed by atoms with Crippen molar-refractivity contribution in [1.82, 2.24) is 4.98 Å². The molecular formula is C20H22N2O4S. The average molecular weight is 386 g/mol. The van der Waals surface area contributed by atoms with Crippen LogP contribution in [0.2, 0.25) is 0 Å². The number of carbonyl (C=O) groups excluding carboxylic acids is 1. The van der Waals surface area contributed by atoms with Crippen LogP contribution in [0.15, 0.2) is 36.4 Å². The molecule has 1 N–H and O–H groups in total. The molecule has 0 saturated heterocycles. The van der Waals surface area contributed by atoms with E-state index in [1.54, 1.807) is 14.2 Å². The number of benzene rings is 2. The minimum Gasteiger partial charge on any atom is -0.494 e. The molecule has 6 nitrogen and oxygen atoms in total. The van der Waals surface area contributed by atoms with Gasteiger partial charge >= 0.3 is 0 Å². The summed E-state index contributed by atoms with van der Waals surface area (Å²) in [6.07, 6.45) is 0.959. The SMILES string of the molecule is CCOc1ccc2nc(NC(=O)CCc3ccc(OC)c(OC)c3)sc2c1. The van der Waals surface area contributed by atoms with Crippen molar-refractivity contribution in [3.8, 4) is 17.2 Å². The van der Waals surface area contributed by atoms with E-state index in [0.717, 1.165) is 21.5 Å². The summed E-state index contributed by atoms with van der Waals surface area (Å²) in [7, 11) is 3.19. The first-order valence-electron chi connectivity index (χ1n) is 8.67. The Morgan fingerprint density at radius 3 is 2.67 bits per heavy atom. The number of thiazole rings is 1. The first-order chi connectivity index (χ1) is 13.1. The van der Waals surface area contributed by atoms with Crippen LogP contribution in [0.4, 0.5) is 5.13 Å². The summed E-state index contributed by atoms with van der Waals surface area (Å²) in [5.41, 5.74) is 1.85. The normalized spacial score (nSPS) is 10.6. The molecule has 1 amide bonds. The van der Waals surface area contributed by atoms with E-state index in [4.69, 9.17) is 14.2 Å². The maximum absolute atomic E-state index is 12.3. The van der Waals surface area contributed by atoms with Gasteiger partial charge in [-0.1, -0.05) is 17.4 Å². The van der Waals surface area contributed by atoms with Crippen molar-refractivity contribution in [2.24, 2.45) is 0 Å². The predicted octanol–water partition coefficient (Wildman–Crippen LogP) is 4.28. The number of amides is 1. The molecule has 27 heavy (non-hydrogen) atoms. The van der Waals surface area contributed by atoms with Gasteiger partial charge in [0, 0.05) is 6.42 Å². The molecule has 1 heterocycles. The fourth-order valence-corrected chi connectivity index (χ4v) is 3.60. The van der Waals surface area contributed by atoms with Gasteiger partial charge in [-0.05, 0) is 49.2 Å². The zero-order valence-electron chi connectivity index (χ0n) is 15.6. The molecule has 3 rings (SSSR count). The van der Waals surface area contributed by atoms with E-state index < -0.39 is 0 Å². The number of nitrogens with one attached hydrogen (secondary N) is 1. The Morgan fingerprint density at radius 2 is 1.93 bits per heavy atom. The van der Waals surface area contributed by atoms with Gasteiger partial charge in [0.1, 0.15) is 5.75 Å². The average Bonchev–Trinajstić information content (AvgIpc) is 3.07. The monoisotopic (exact) mass is 386 g/mol. The minimum absolute atomic E-state index is 0.0751. The van der Waals surface area contributed by atoms with Crippen LogP contribution in [0.1, 0.15) is 18.9 Å². The van der Waals surface area contributed by atoms with E-state index >= 15 is 0 Å². The smallest absolute Gasteiger partial charge is 0.226 e. The highest BCUT2D eigenvalue weighted by Crippen LogP contribution is 2.30. The number of fused-ring (bicyclic) bond motifs is 1. The molecule has 1 aromatic heterocycles. The van der Waals surface area contributed by atoms with Gasteiger partial charge in [0.05, 0.1) is 31.0 Å². The van der Waals surface area contributed by atoms with Gasteiger partial charge in [0.2, 0.25) is 5.91 Å². The van der Waals surface area contributed by atoms with E-state index in [9.17, 15) is 4.79 Å². The molecule has 0 spiro atoms. The molecule has 142 valence electrons. The van der Waals surface area contributed by atoms with Crippen molar-refractivity contribution in [1.29, 1.82) is 0 Å². The number of anilines is 1. The second-order valence-corrected chi connectivity index (χ2v) is 6.85. The fourth-order valence-electron chi connectivity index (χ4n) is 2.69. The third-order valence-corrected chi connectivity index (χ3v) is 4.94. The van der Waals surface area contributed by atoms with Crippen molar-refractivity contribution in [2.45, 2.75) is 19.8 Å². The second kappa shape index (κ2) is 8.73. The number of hydrogen-bond donors (Lipinski definition) is 1. The number of nitrogens with zero attached hydrogens (tertiary/aromatic N) is 1. The Bertz CT molecular complexity index is 939. The summed E-state index contributed by atoms with van der Waals surface area (Å²) < 4.78 is 17.0. The predicted molar refractivity (Wildman–Crippen MR) is 107 cm³/mol. The number of aromatic nitrogens is 1. The molecule has 0 atom stereocenters. The quantitative estimate of drug-likeness (QED) is 0.626. The first kappa shape index (κ1) is 19.0. The lowest BCUT2D eigenvalue weighted by molar-refractivity contribution is -0.116. The van der Waals surface area contributed by atoms with Gasteiger partial charge in [0.15, 0.2) is 16.6 Å². The van der Waals surface area contributed by atoms with Crippen LogP contribution < -0.4 is 19.5 Å². The fraction of sp³-hybridized carbons (Fsp3) is 0.300. The molecule has 2 aromatic carbocycles. The van der Waals surface area contributed by atoms with Gasteiger partial charge in [-0.2, -0.15) is 0 Å². The highest BCUT2D eigenvalue weighted by molar-refractivity contribution is 7.22. The number of methoxy groups -OCH3 is 2. The van der Waals surface area contributed by atoms with Gasteiger partial charge in [-0.15, -0.1) is 0 Å². The van der Waals surface area contributed by atoms with E-state index in [2.05, 4.69) is 10.3 Å². The van der Waals surface area contributed by atoms with Crippen LogP contribution in [-0.4, -0.2) is 31.7 Å². The lowest BCUT2D eigenvalue weighted by Gasteiger charge is -2.09. The molecule has 0 saturated carbocycles. The largest absolute Gasteiger partial charge is 0.494 e. The Kier molecular flexibility index (Phi) is 6.13. The van der Waals surface area contributed by atoms with Crippen LogP contribution >= 0.6 is 11.3 Å². The Labute approximate surface area is 162 Å². The van der Waals surface area contributed by atoms with Crippen LogP contribution in [-0.2, 0) is 11.2 Å². The minimum atomic E-state index is -0.0751. The molecule has 0 aliphatic heterocycles. The third kappa shape index (κ3) is 4.68. The number of hydrogen-bond acceptors (Lipinski definition) is 6. The summed E-state index contributed by atoms with van der Waals surface area (Å²) >= 11 is 1.44. The molecule has 7 heteroatoms. The second-order valence-electron chi connectivity index (χ2n) is 5.82. The lowest BCUT2D eigenvalue weighted by atomic mass is 10.1. The molecule has 0 aliphatic carbocycles. The van der Waals surface area contributed by atoms with Crippen LogP contribution in [0.3, 0.4) is 0 Å². The third-order valence-electron chi connectivity index (χ3n) is 4.01. The van der Waals surface area contributed by atoms with Crippen LogP contribution in [0.5, 0.6) is 17.2 Å². The van der Waals surface area contributed by atoms with Crippen molar-refractivity contribution in [3.63, 3.8) is 0 Å². The van der Waals surface area contributed by atoms with E-state index in [1.165, 1.54) is 11.3 Å². The Hall–Kier alpha value is -2.80. The standard InChI is InChI=1S/C20H22N2O4S/c1-4-26-14-7-8-15-18(12-14)27-20(21-15)22-19(23)10-6-13-5-9-16(24-2)17(11-13)25-3/h5,7-9,11-12H,4,6,10H2,1-3H3,(H,21,22,23). The van der Waals surface area contributed by atoms with Crippen molar-refractivity contribution in [2.75, 3.05) is 26.1 Å². The first-order valence-corrected chi connectivity index (χ1v) is 9.48. The van der Waals surface area contributed by atoms with Gasteiger partial charge in [-0.25, -0.2) is 4.98 Å². The van der Waals surface area contributed by atoms with E-state index in [0.29, 0.717) is 36.1 Å². The summed E-state index contributed by atoms with van der Waals surface area (Å²) in [4.78, 5) is 16.7. The topological polar surface area (TPSA) is 69.7 Å². The van der Waals surface area contributed by atoms with Gasteiger partial charge < -0.3 is 19.5 Å². The van der Waals surface area contributed by atoms with E-state index in [1.807, 2.05) is 43.3 Å². The zero-order chi connectivity index (χ0) is 19.2. The maximum Gasteiger partial charge on any atom is 0.226 e. The summed E-state index contributed by atoms with van der Waals surface area (Å²) in [6.45, 7) is 2.56. The van der Waals surface area contributed by atoms with Crippen molar-refractivity contribution < 1.29 is 19.0 Å². The molecule has 3 aromatic rings.